The van der Waals surface area contributed by atoms with E-state index in [0.29, 0.717) is 11.5 Å². The van der Waals surface area contributed by atoms with Crippen LogP contribution in [-0.2, 0) is 4.79 Å². The number of benzene rings is 1. The van der Waals surface area contributed by atoms with Gasteiger partial charge in [-0.15, -0.1) is 16.4 Å². The first kappa shape index (κ1) is 21.6. The van der Waals surface area contributed by atoms with Crippen LogP contribution in [0.3, 0.4) is 0 Å². The number of fused-ring (bicyclic) bond motifs is 1. The molecule has 1 aliphatic heterocycles. The predicted molar refractivity (Wildman–Crippen MR) is 129 cm³/mol. The quantitative estimate of drug-likeness (QED) is 0.469. The van der Waals surface area contributed by atoms with Crippen molar-refractivity contribution < 1.29 is 4.79 Å². The van der Waals surface area contributed by atoms with E-state index < -0.39 is 0 Å². The lowest BCUT2D eigenvalue weighted by atomic mass is 9.98. The molecule has 1 unspecified atom stereocenters. The minimum atomic E-state index is -0.315. The Morgan fingerprint density at radius 3 is 2.74 bits per heavy atom. The number of anilines is 2. The molecule has 4 rings (SSSR count). The van der Waals surface area contributed by atoms with Crippen molar-refractivity contribution in [3.63, 3.8) is 0 Å². The number of rotatable bonds is 6. The summed E-state index contributed by atoms with van der Waals surface area (Å²) in [4.78, 5) is 19.4. The predicted octanol–water partition coefficient (Wildman–Crippen LogP) is 5.69. The average molecular weight is 454 g/mol. The van der Waals surface area contributed by atoms with E-state index in [1.54, 1.807) is 23.1 Å². The number of thiophene rings is 1. The van der Waals surface area contributed by atoms with Crippen LogP contribution in [0.15, 0.2) is 46.1 Å². The molecular weight excluding hydrogens is 426 g/mol. The van der Waals surface area contributed by atoms with E-state index in [1.807, 2.05) is 43.7 Å². The molecule has 0 saturated carbocycles. The van der Waals surface area contributed by atoms with Gasteiger partial charge in [-0.05, 0) is 68.3 Å². The molecule has 2 aromatic heterocycles. The van der Waals surface area contributed by atoms with E-state index in [4.69, 9.17) is 5.10 Å². The van der Waals surface area contributed by atoms with E-state index >= 15 is 0 Å². The second kappa shape index (κ2) is 8.88. The topological polar surface area (TPSA) is 71.8 Å². The maximum absolute atomic E-state index is 13.6. The van der Waals surface area contributed by atoms with Gasteiger partial charge in [0.15, 0.2) is 0 Å². The summed E-state index contributed by atoms with van der Waals surface area (Å²) in [5.74, 6) is 1.51. The van der Waals surface area contributed by atoms with Crippen molar-refractivity contribution in [3.05, 3.63) is 62.5 Å². The number of aryl methyl sites for hydroxylation is 2. The van der Waals surface area contributed by atoms with E-state index in [2.05, 4.69) is 40.9 Å². The van der Waals surface area contributed by atoms with Crippen molar-refractivity contribution in [2.45, 2.75) is 52.2 Å². The number of hydrogen-bond acceptors (Lipinski definition) is 6. The number of nitrogens with zero attached hydrogens (tertiary/aromatic N) is 3. The highest BCUT2D eigenvalue weighted by atomic mass is 32.2. The average Bonchev–Trinajstić information content (AvgIpc) is 3.34. The Morgan fingerprint density at radius 2 is 2.03 bits per heavy atom. The Bertz CT molecular complexity index is 1160. The summed E-state index contributed by atoms with van der Waals surface area (Å²) in [5.41, 5.74) is 5.65. The van der Waals surface area contributed by atoms with Crippen molar-refractivity contribution in [1.29, 1.82) is 0 Å². The van der Waals surface area contributed by atoms with Gasteiger partial charge in [-0.1, -0.05) is 30.8 Å². The fourth-order valence-electron chi connectivity index (χ4n) is 3.66. The molecule has 1 aliphatic rings. The molecule has 3 aromatic rings. The number of hydrogen-bond donors (Lipinski definition) is 2. The SMILES string of the molecule is CCCSc1nc2n(n1)C(c1sccc1C)C(C(=O)Nc1cccc(C)c1C)=C(C)N2. The standard InChI is InChI=1S/C23H27N5OS2/c1-6-11-31-23-26-22-24-16(5)18(19(28(22)27-23)20-14(3)10-12-30-20)21(29)25-17-9-7-8-13(2)15(17)4/h7-10,12,19H,6,11H2,1-5H3,(H,25,29)(H,24,26,27). The fraction of sp³-hybridized carbons (Fsp3) is 0.348. The van der Waals surface area contributed by atoms with Gasteiger partial charge < -0.3 is 10.6 Å². The van der Waals surface area contributed by atoms with Crippen molar-refractivity contribution in [1.82, 2.24) is 14.8 Å². The number of amides is 1. The van der Waals surface area contributed by atoms with Crippen LogP contribution in [-0.4, -0.2) is 26.4 Å². The molecule has 0 saturated heterocycles. The van der Waals surface area contributed by atoms with Gasteiger partial charge in [0.2, 0.25) is 11.1 Å². The molecule has 0 radical (unpaired) electrons. The first-order valence-corrected chi connectivity index (χ1v) is 12.3. The van der Waals surface area contributed by atoms with Crippen LogP contribution < -0.4 is 10.6 Å². The minimum Gasteiger partial charge on any atom is -0.328 e. The molecule has 8 heteroatoms. The van der Waals surface area contributed by atoms with Crippen molar-refractivity contribution >= 4 is 40.6 Å². The van der Waals surface area contributed by atoms with Gasteiger partial charge in [0, 0.05) is 22.0 Å². The lowest BCUT2D eigenvalue weighted by molar-refractivity contribution is -0.113. The largest absolute Gasteiger partial charge is 0.328 e. The maximum Gasteiger partial charge on any atom is 0.255 e. The van der Waals surface area contributed by atoms with Crippen molar-refractivity contribution in [2.75, 3.05) is 16.4 Å². The summed E-state index contributed by atoms with van der Waals surface area (Å²) >= 11 is 3.28. The minimum absolute atomic E-state index is 0.125. The molecule has 1 amide bonds. The summed E-state index contributed by atoms with van der Waals surface area (Å²) in [7, 11) is 0. The molecule has 1 aromatic carbocycles. The number of allylic oxidation sites excluding steroid dienone is 1. The number of carbonyl (C=O) groups is 1. The highest BCUT2D eigenvalue weighted by Gasteiger charge is 2.36. The van der Waals surface area contributed by atoms with Crippen LogP contribution >= 0.6 is 23.1 Å². The van der Waals surface area contributed by atoms with Gasteiger partial charge in [-0.3, -0.25) is 4.79 Å². The summed E-state index contributed by atoms with van der Waals surface area (Å²) in [6.45, 7) is 10.2. The Hall–Kier alpha value is -2.58. The number of nitrogens with one attached hydrogen (secondary N) is 2. The van der Waals surface area contributed by atoms with Gasteiger partial charge in [-0.2, -0.15) is 4.98 Å². The molecule has 6 nitrogen and oxygen atoms in total. The molecule has 0 spiro atoms. The van der Waals surface area contributed by atoms with Crippen LogP contribution in [0.4, 0.5) is 11.6 Å². The van der Waals surface area contributed by atoms with Crippen LogP contribution in [0.1, 0.15) is 47.9 Å². The van der Waals surface area contributed by atoms with E-state index in [-0.39, 0.29) is 11.9 Å². The number of aromatic nitrogens is 3. The third kappa shape index (κ3) is 4.14. The second-order valence-electron chi connectivity index (χ2n) is 7.75. The Labute approximate surface area is 191 Å². The summed E-state index contributed by atoms with van der Waals surface area (Å²) in [6.07, 6.45) is 1.05. The van der Waals surface area contributed by atoms with Crippen molar-refractivity contribution in [3.8, 4) is 0 Å². The lowest BCUT2D eigenvalue weighted by Gasteiger charge is -2.28. The van der Waals surface area contributed by atoms with Crippen LogP contribution in [0, 0.1) is 20.8 Å². The van der Waals surface area contributed by atoms with Gasteiger partial charge in [-0.25, -0.2) is 4.68 Å². The van der Waals surface area contributed by atoms with Crippen LogP contribution in [0.5, 0.6) is 0 Å². The fourth-order valence-corrected chi connectivity index (χ4v) is 5.37. The van der Waals surface area contributed by atoms with Crippen molar-refractivity contribution in [2.24, 2.45) is 0 Å². The first-order chi connectivity index (χ1) is 14.9. The summed E-state index contributed by atoms with van der Waals surface area (Å²) in [6, 6.07) is 7.72. The van der Waals surface area contributed by atoms with E-state index in [1.165, 1.54) is 0 Å². The molecule has 0 aliphatic carbocycles. The van der Waals surface area contributed by atoms with E-state index in [9.17, 15) is 4.79 Å². The van der Waals surface area contributed by atoms with Gasteiger partial charge in [0.25, 0.3) is 5.91 Å². The van der Waals surface area contributed by atoms with Gasteiger partial charge >= 0.3 is 0 Å². The third-order valence-corrected chi connectivity index (χ3v) is 7.63. The van der Waals surface area contributed by atoms with Gasteiger partial charge in [0.1, 0.15) is 6.04 Å². The molecule has 31 heavy (non-hydrogen) atoms. The summed E-state index contributed by atoms with van der Waals surface area (Å²) in [5, 5.41) is 14.0. The zero-order valence-electron chi connectivity index (χ0n) is 18.4. The Balaban J connectivity index is 1.76. The lowest BCUT2D eigenvalue weighted by Crippen LogP contribution is -2.31. The molecular formula is C23H27N5OS2. The first-order valence-electron chi connectivity index (χ1n) is 10.4. The Morgan fingerprint density at radius 1 is 1.23 bits per heavy atom. The monoisotopic (exact) mass is 453 g/mol. The molecule has 2 N–H and O–H groups in total. The number of carbonyl (C=O) groups excluding carboxylic acids is 1. The second-order valence-corrected chi connectivity index (χ2v) is 9.76. The van der Waals surface area contributed by atoms with E-state index in [0.717, 1.165) is 50.3 Å². The zero-order valence-corrected chi connectivity index (χ0v) is 20.1. The Kier molecular flexibility index (Phi) is 6.20. The van der Waals surface area contributed by atoms with Crippen LogP contribution in [0.2, 0.25) is 0 Å². The summed E-state index contributed by atoms with van der Waals surface area (Å²) < 4.78 is 1.86. The normalized spacial score (nSPS) is 15.6. The maximum atomic E-state index is 13.6. The highest BCUT2D eigenvalue weighted by Crippen LogP contribution is 2.40. The highest BCUT2D eigenvalue weighted by molar-refractivity contribution is 7.99. The number of thioether (sulfide) groups is 1. The molecule has 3 heterocycles. The zero-order chi connectivity index (χ0) is 22.1. The molecule has 0 bridgehead atoms. The van der Waals surface area contributed by atoms with Gasteiger partial charge in [0.05, 0.1) is 5.57 Å². The molecule has 1 atom stereocenters. The smallest absolute Gasteiger partial charge is 0.255 e. The molecule has 0 fully saturated rings. The van der Waals surface area contributed by atoms with Crippen LogP contribution in [0.25, 0.3) is 0 Å². The third-order valence-electron chi connectivity index (χ3n) is 5.52. The molecule has 162 valence electrons.